The van der Waals surface area contributed by atoms with Crippen molar-refractivity contribution in [3.8, 4) is 0 Å². The Morgan fingerprint density at radius 3 is 2.86 bits per heavy atom. The third-order valence-corrected chi connectivity index (χ3v) is 8.23. The fourth-order valence-corrected chi connectivity index (χ4v) is 6.54. The van der Waals surface area contributed by atoms with Crippen molar-refractivity contribution >= 4 is 33.1 Å². The summed E-state index contributed by atoms with van der Waals surface area (Å²) in [6, 6.07) is 1.87. The van der Waals surface area contributed by atoms with Crippen LogP contribution in [0.3, 0.4) is 0 Å². The van der Waals surface area contributed by atoms with Gasteiger partial charge in [0, 0.05) is 22.7 Å². The minimum atomic E-state index is -3.39. The summed E-state index contributed by atoms with van der Waals surface area (Å²) in [5.41, 5.74) is 1.05. The van der Waals surface area contributed by atoms with E-state index in [9.17, 15) is 8.42 Å². The number of nitrogens with one attached hydrogen (secondary N) is 2. The van der Waals surface area contributed by atoms with Gasteiger partial charge < -0.3 is 5.32 Å². The Morgan fingerprint density at radius 2 is 2.19 bits per heavy atom. The van der Waals surface area contributed by atoms with E-state index in [1.165, 1.54) is 11.3 Å². The molecule has 120 valence electrons. The number of hydrogen-bond acceptors (Lipinski definition) is 5. The van der Waals surface area contributed by atoms with Gasteiger partial charge in [-0.2, -0.15) is 11.8 Å². The summed E-state index contributed by atoms with van der Waals surface area (Å²) in [5.74, 6) is 0. The normalized spacial score (nSPS) is 22.8. The number of thiophene rings is 1. The Labute approximate surface area is 136 Å². The lowest BCUT2D eigenvalue weighted by molar-refractivity contribution is 0.557. The Morgan fingerprint density at radius 1 is 1.43 bits per heavy atom. The van der Waals surface area contributed by atoms with E-state index in [1.807, 2.05) is 13.8 Å². The first-order valence-corrected chi connectivity index (χ1v) is 10.9. The first kappa shape index (κ1) is 17.3. The highest BCUT2D eigenvalue weighted by Gasteiger charge is 2.31. The van der Waals surface area contributed by atoms with Crippen molar-refractivity contribution in [3.05, 3.63) is 16.5 Å². The molecule has 21 heavy (non-hydrogen) atoms. The molecule has 1 heterocycles. The van der Waals surface area contributed by atoms with Crippen LogP contribution in [0, 0.1) is 6.92 Å². The van der Waals surface area contributed by atoms with Crippen molar-refractivity contribution in [3.63, 3.8) is 0 Å². The van der Waals surface area contributed by atoms with E-state index in [4.69, 9.17) is 0 Å². The molecule has 0 amide bonds. The lowest BCUT2D eigenvalue weighted by Gasteiger charge is -2.18. The van der Waals surface area contributed by atoms with Crippen molar-refractivity contribution in [2.24, 2.45) is 0 Å². The summed E-state index contributed by atoms with van der Waals surface area (Å²) in [6.07, 6.45) is 5.21. The Bertz CT molecular complexity index is 569. The molecule has 1 fully saturated rings. The number of rotatable bonds is 7. The smallest absolute Gasteiger partial charge is 0.250 e. The molecule has 2 N–H and O–H groups in total. The van der Waals surface area contributed by atoms with Gasteiger partial charge in [-0.25, -0.2) is 13.1 Å². The van der Waals surface area contributed by atoms with Crippen LogP contribution in [0.15, 0.2) is 10.3 Å². The summed E-state index contributed by atoms with van der Waals surface area (Å²) in [6.45, 7) is 5.64. The zero-order valence-electron chi connectivity index (χ0n) is 12.8. The Hall–Kier alpha value is -0.0800. The molecule has 7 heteroatoms. The molecule has 0 aromatic carbocycles. The zero-order chi connectivity index (χ0) is 15.5. The van der Waals surface area contributed by atoms with Crippen LogP contribution in [0.5, 0.6) is 0 Å². The van der Waals surface area contributed by atoms with Gasteiger partial charge in [-0.1, -0.05) is 13.3 Å². The summed E-state index contributed by atoms with van der Waals surface area (Å²) in [7, 11) is -3.39. The standard InChI is InChI=1S/C14H24N2O2S3/c1-4-15-9-13-10(2)8-14(20-13)21(17,18)16-11-6-5-7-12(11)19-3/h8,11-12,15-16H,4-7,9H2,1-3H3. The third kappa shape index (κ3) is 4.22. The highest BCUT2D eigenvalue weighted by atomic mass is 32.2. The van der Waals surface area contributed by atoms with Crippen LogP contribution in [-0.4, -0.2) is 32.5 Å². The van der Waals surface area contributed by atoms with Crippen molar-refractivity contribution < 1.29 is 8.42 Å². The molecule has 0 spiro atoms. The van der Waals surface area contributed by atoms with Gasteiger partial charge in [0.05, 0.1) is 0 Å². The monoisotopic (exact) mass is 348 g/mol. The predicted octanol–water partition coefficient (Wildman–Crippen LogP) is 2.73. The van der Waals surface area contributed by atoms with Gasteiger partial charge in [-0.15, -0.1) is 11.3 Å². The second-order valence-corrected chi connectivity index (χ2v) is 9.54. The number of hydrogen-bond donors (Lipinski definition) is 2. The molecule has 2 unspecified atom stereocenters. The van der Waals surface area contributed by atoms with E-state index < -0.39 is 10.0 Å². The first-order valence-electron chi connectivity index (χ1n) is 7.33. The average Bonchev–Trinajstić information content (AvgIpc) is 3.03. The third-order valence-electron chi connectivity index (χ3n) is 3.86. The topological polar surface area (TPSA) is 58.2 Å². The van der Waals surface area contributed by atoms with Crippen molar-refractivity contribution in [1.29, 1.82) is 0 Å². The maximum atomic E-state index is 12.6. The quantitative estimate of drug-likeness (QED) is 0.795. The summed E-state index contributed by atoms with van der Waals surface area (Å²) in [4.78, 5) is 1.10. The van der Waals surface area contributed by atoms with Gasteiger partial charge >= 0.3 is 0 Å². The molecule has 1 aromatic heterocycles. The van der Waals surface area contributed by atoms with Gasteiger partial charge in [0.15, 0.2) is 0 Å². The minimum Gasteiger partial charge on any atom is -0.312 e. The number of aryl methyl sites for hydroxylation is 1. The molecular formula is C14H24N2O2S3. The molecule has 0 aliphatic heterocycles. The fraction of sp³-hybridized carbons (Fsp3) is 0.714. The lowest BCUT2D eigenvalue weighted by Crippen LogP contribution is -2.38. The van der Waals surface area contributed by atoms with Gasteiger partial charge in [-0.05, 0) is 44.2 Å². The largest absolute Gasteiger partial charge is 0.312 e. The maximum absolute atomic E-state index is 12.6. The van der Waals surface area contributed by atoms with Crippen LogP contribution < -0.4 is 10.0 Å². The molecule has 0 saturated heterocycles. The molecule has 1 saturated carbocycles. The number of thioether (sulfide) groups is 1. The van der Waals surface area contributed by atoms with E-state index in [0.717, 1.165) is 42.8 Å². The maximum Gasteiger partial charge on any atom is 0.250 e. The van der Waals surface area contributed by atoms with E-state index in [0.29, 0.717) is 9.46 Å². The van der Waals surface area contributed by atoms with Crippen molar-refractivity contribution in [2.75, 3.05) is 12.8 Å². The first-order chi connectivity index (χ1) is 9.97. The minimum absolute atomic E-state index is 0.0737. The molecular weight excluding hydrogens is 324 g/mol. The summed E-state index contributed by atoms with van der Waals surface area (Å²) in [5, 5.41) is 3.66. The van der Waals surface area contributed by atoms with E-state index in [2.05, 4.69) is 16.3 Å². The van der Waals surface area contributed by atoms with Crippen LogP contribution in [0.1, 0.15) is 36.6 Å². The average molecular weight is 349 g/mol. The molecule has 0 radical (unpaired) electrons. The molecule has 4 nitrogen and oxygen atoms in total. The van der Waals surface area contributed by atoms with Gasteiger partial charge in [0.2, 0.25) is 10.0 Å². The highest BCUT2D eigenvalue weighted by Crippen LogP contribution is 2.31. The zero-order valence-corrected chi connectivity index (χ0v) is 15.3. The molecule has 2 atom stereocenters. The molecule has 0 bridgehead atoms. The SMILES string of the molecule is CCNCc1sc(S(=O)(=O)NC2CCCC2SC)cc1C. The van der Waals surface area contributed by atoms with Crippen LogP contribution in [0.25, 0.3) is 0 Å². The van der Waals surface area contributed by atoms with Gasteiger partial charge in [0.1, 0.15) is 4.21 Å². The number of sulfonamides is 1. The molecule has 1 aliphatic carbocycles. The van der Waals surface area contributed by atoms with Crippen LogP contribution in [0.4, 0.5) is 0 Å². The second-order valence-electron chi connectivity index (χ2n) is 5.38. The van der Waals surface area contributed by atoms with E-state index in [1.54, 1.807) is 17.8 Å². The summed E-state index contributed by atoms with van der Waals surface area (Å²) >= 11 is 3.14. The molecule has 1 aromatic rings. The van der Waals surface area contributed by atoms with Gasteiger partial charge in [0.25, 0.3) is 0 Å². The van der Waals surface area contributed by atoms with Gasteiger partial charge in [-0.3, -0.25) is 0 Å². The Balaban J connectivity index is 2.12. The van der Waals surface area contributed by atoms with Crippen LogP contribution in [-0.2, 0) is 16.6 Å². The lowest BCUT2D eigenvalue weighted by atomic mass is 10.3. The van der Waals surface area contributed by atoms with Crippen molar-refractivity contribution in [2.45, 2.75) is 55.2 Å². The summed E-state index contributed by atoms with van der Waals surface area (Å²) < 4.78 is 28.5. The van der Waals surface area contributed by atoms with Crippen molar-refractivity contribution in [1.82, 2.24) is 10.0 Å². The predicted molar refractivity (Wildman–Crippen MR) is 91.7 cm³/mol. The second kappa shape index (κ2) is 7.46. The molecule has 1 aliphatic rings. The Kier molecular flexibility index (Phi) is 6.14. The van der Waals surface area contributed by atoms with E-state index in [-0.39, 0.29) is 6.04 Å². The van der Waals surface area contributed by atoms with E-state index >= 15 is 0 Å². The van der Waals surface area contributed by atoms with Crippen LogP contribution >= 0.6 is 23.1 Å². The van der Waals surface area contributed by atoms with Crippen LogP contribution in [0.2, 0.25) is 0 Å². The molecule has 2 rings (SSSR count). The highest BCUT2D eigenvalue weighted by molar-refractivity contribution is 7.99. The fourth-order valence-electron chi connectivity index (χ4n) is 2.64.